The maximum Gasteiger partial charge on any atom is 0.328 e. The summed E-state index contributed by atoms with van der Waals surface area (Å²) in [5, 5.41) is 20.4. The van der Waals surface area contributed by atoms with E-state index >= 15 is 0 Å². The van der Waals surface area contributed by atoms with Gasteiger partial charge in [0.25, 0.3) is 0 Å². The molecule has 6 nitrogen and oxygen atoms in total. The maximum atomic E-state index is 12.4. The number of hydrogen-bond donors (Lipinski definition) is 5. The van der Waals surface area contributed by atoms with Gasteiger partial charge in [0.15, 0.2) is 0 Å². The molecule has 0 aliphatic heterocycles. The first-order valence-corrected chi connectivity index (χ1v) is 9.14. The minimum atomic E-state index is -1.30. The van der Waals surface area contributed by atoms with Gasteiger partial charge in [0, 0.05) is 11.8 Å². The van der Waals surface area contributed by atoms with E-state index in [1.165, 1.54) is 0 Å². The van der Waals surface area contributed by atoms with Crippen LogP contribution in [0.2, 0.25) is 0 Å². The number of nitrogens with two attached hydrogens (primary N) is 1. The zero-order chi connectivity index (χ0) is 19.6. The van der Waals surface area contributed by atoms with E-state index in [1.807, 2.05) is 32.1 Å². The Balaban J connectivity index is 5.19. The molecule has 0 radical (unpaired) electrons. The van der Waals surface area contributed by atoms with Crippen molar-refractivity contribution in [2.45, 2.75) is 39.8 Å². The molecule has 4 atom stereocenters. The molecule has 144 valence electrons. The fourth-order valence-corrected chi connectivity index (χ4v) is 2.28. The molecule has 3 unspecified atom stereocenters. The van der Waals surface area contributed by atoms with Crippen molar-refractivity contribution in [2.24, 2.45) is 29.4 Å². The number of allylic oxidation sites excluding steroid dienone is 2. The number of rotatable bonds is 11. The van der Waals surface area contributed by atoms with Crippen LogP contribution in [-0.4, -0.2) is 46.5 Å². The van der Waals surface area contributed by atoms with E-state index in [0.29, 0.717) is 11.7 Å². The number of amides is 1. The van der Waals surface area contributed by atoms with Gasteiger partial charge in [-0.3, -0.25) is 4.79 Å². The number of thiol groups is 1. The first-order chi connectivity index (χ1) is 11.6. The normalized spacial score (nSPS) is 17.2. The number of carbonyl (C=O) groups excluding carboxylic acids is 1. The molecule has 0 saturated heterocycles. The summed E-state index contributed by atoms with van der Waals surface area (Å²) < 4.78 is 0. The Bertz CT molecular complexity index is 478. The molecule has 0 bridgehead atoms. The van der Waals surface area contributed by atoms with E-state index in [1.54, 1.807) is 6.08 Å². The molecule has 0 aromatic heterocycles. The van der Waals surface area contributed by atoms with E-state index in [-0.39, 0.29) is 17.9 Å². The van der Waals surface area contributed by atoms with Crippen LogP contribution in [0.5, 0.6) is 0 Å². The number of carbonyl (C=O) groups is 2. The summed E-state index contributed by atoms with van der Waals surface area (Å²) in [4.78, 5) is 23.3. The second-order valence-corrected chi connectivity index (χ2v) is 7.15. The Kier molecular flexibility index (Phi) is 11.5. The number of aliphatic hydroxyl groups excluding tert-OH is 1. The van der Waals surface area contributed by atoms with Crippen molar-refractivity contribution in [1.29, 1.82) is 0 Å². The van der Waals surface area contributed by atoms with Crippen molar-refractivity contribution in [3.8, 4) is 0 Å². The molecule has 0 rings (SSSR count). The fourth-order valence-electron chi connectivity index (χ4n) is 2.15. The van der Waals surface area contributed by atoms with Gasteiger partial charge < -0.3 is 21.3 Å². The van der Waals surface area contributed by atoms with Gasteiger partial charge in [-0.2, -0.15) is 12.6 Å². The molecule has 25 heavy (non-hydrogen) atoms. The number of nitrogens with one attached hydrogen (secondary N) is 1. The number of aliphatic carboxylic acids is 1. The highest BCUT2D eigenvalue weighted by molar-refractivity contribution is 7.80. The summed E-state index contributed by atoms with van der Waals surface area (Å²) in [6.07, 6.45) is 7.66. The van der Waals surface area contributed by atoms with Gasteiger partial charge in [0.2, 0.25) is 5.91 Å². The van der Waals surface area contributed by atoms with Crippen molar-refractivity contribution in [3.63, 3.8) is 0 Å². The smallest absolute Gasteiger partial charge is 0.328 e. The largest absolute Gasteiger partial charge is 0.480 e. The zero-order valence-corrected chi connectivity index (χ0v) is 16.3. The van der Waals surface area contributed by atoms with Crippen molar-refractivity contribution < 1.29 is 19.8 Å². The van der Waals surface area contributed by atoms with Gasteiger partial charge in [-0.25, -0.2) is 4.79 Å². The molecule has 0 spiro atoms. The lowest BCUT2D eigenvalue weighted by Gasteiger charge is -2.21. The molecule has 0 aliphatic rings. The first kappa shape index (κ1) is 23.7. The van der Waals surface area contributed by atoms with Crippen LogP contribution in [0.1, 0.15) is 27.7 Å². The van der Waals surface area contributed by atoms with Crippen LogP contribution in [0.3, 0.4) is 0 Å². The third-order valence-electron chi connectivity index (χ3n) is 3.92. The van der Waals surface area contributed by atoms with E-state index in [9.17, 15) is 9.59 Å². The lowest BCUT2D eigenvalue weighted by molar-refractivity contribution is -0.143. The molecule has 0 heterocycles. The van der Waals surface area contributed by atoms with Crippen LogP contribution >= 0.6 is 12.6 Å². The molecule has 0 aromatic rings. The van der Waals surface area contributed by atoms with E-state index in [0.717, 1.165) is 0 Å². The maximum absolute atomic E-state index is 12.4. The highest BCUT2D eigenvalue weighted by Crippen LogP contribution is 2.19. The molecule has 1 amide bonds. The van der Waals surface area contributed by atoms with Gasteiger partial charge in [-0.1, -0.05) is 52.0 Å². The number of carboxylic acid groups (broad SMARTS) is 1. The van der Waals surface area contributed by atoms with Crippen LogP contribution in [0.25, 0.3) is 0 Å². The average molecular weight is 373 g/mol. The van der Waals surface area contributed by atoms with Crippen molar-refractivity contribution in [2.75, 3.05) is 12.4 Å². The third kappa shape index (κ3) is 9.09. The van der Waals surface area contributed by atoms with E-state index in [2.05, 4.69) is 31.8 Å². The lowest BCUT2D eigenvalue weighted by atomic mass is 9.89. The predicted molar refractivity (Wildman–Crippen MR) is 103 cm³/mol. The highest BCUT2D eigenvalue weighted by Gasteiger charge is 2.25. The highest BCUT2D eigenvalue weighted by atomic mass is 32.1. The van der Waals surface area contributed by atoms with Gasteiger partial charge in [-0.05, 0) is 17.8 Å². The minimum absolute atomic E-state index is 0.0131. The van der Waals surface area contributed by atoms with Crippen LogP contribution in [0.4, 0.5) is 0 Å². The molecule has 0 aliphatic carbocycles. The number of aliphatic hydroxyl groups is 1. The fraction of sp³-hybridized carbons (Fsp3) is 0.667. The summed E-state index contributed by atoms with van der Waals surface area (Å²) >= 11 is 4.15. The first-order valence-electron chi connectivity index (χ1n) is 8.51. The minimum Gasteiger partial charge on any atom is -0.480 e. The predicted octanol–water partition coefficient (Wildman–Crippen LogP) is 1.46. The Hall–Kier alpha value is -1.31. The summed E-state index contributed by atoms with van der Waals surface area (Å²) in [5.41, 5.74) is 5.84. The lowest BCUT2D eigenvalue weighted by Crippen LogP contribution is -2.46. The van der Waals surface area contributed by atoms with Crippen LogP contribution in [0.15, 0.2) is 24.3 Å². The molecule has 0 saturated carbocycles. The molecular weight excluding hydrogens is 340 g/mol. The number of hydrogen-bond acceptors (Lipinski definition) is 5. The van der Waals surface area contributed by atoms with Crippen molar-refractivity contribution in [3.05, 3.63) is 24.3 Å². The topological polar surface area (TPSA) is 113 Å². The molecular formula is C18H32N2O4S. The summed E-state index contributed by atoms with van der Waals surface area (Å²) in [6.45, 7) is 7.28. The number of carboxylic acids is 1. The van der Waals surface area contributed by atoms with Gasteiger partial charge >= 0.3 is 5.97 Å². The standard InChI is InChI=1S/C18H32N2O4S/c1-11(2)13(5-7-14(19)10-25)6-8-15(12(3)4)17(22)20-16(9-21)18(23)24/h5-8,11-16,21,25H,9-10,19H2,1-4H3,(H,20,22)(H,23,24)/b7-5+,8-6+/t13-,14?,15?,16?/m1/s1. The zero-order valence-electron chi connectivity index (χ0n) is 15.4. The molecule has 5 N–H and O–H groups in total. The van der Waals surface area contributed by atoms with Gasteiger partial charge in [0.1, 0.15) is 6.04 Å². The third-order valence-corrected chi connectivity index (χ3v) is 4.34. The molecule has 0 aromatic carbocycles. The SMILES string of the molecule is CC(C)C(/C=C/[C@@H](/C=C/C(N)CS)C(C)C)C(=O)NC(CO)C(=O)O. The van der Waals surface area contributed by atoms with E-state index < -0.39 is 30.4 Å². The van der Waals surface area contributed by atoms with Gasteiger partial charge in [-0.15, -0.1) is 0 Å². The Morgan fingerprint density at radius 3 is 2.04 bits per heavy atom. The Morgan fingerprint density at radius 1 is 1.08 bits per heavy atom. The molecule has 7 heteroatoms. The second-order valence-electron chi connectivity index (χ2n) is 6.79. The monoisotopic (exact) mass is 372 g/mol. The Labute approximate surface area is 156 Å². The van der Waals surface area contributed by atoms with Crippen LogP contribution in [0, 0.1) is 23.7 Å². The summed E-state index contributed by atoms with van der Waals surface area (Å²) in [7, 11) is 0. The van der Waals surface area contributed by atoms with Gasteiger partial charge in [0.05, 0.1) is 12.5 Å². The molecule has 0 fully saturated rings. The summed E-state index contributed by atoms with van der Waals surface area (Å²) in [6, 6.07) is -1.42. The summed E-state index contributed by atoms with van der Waals surface area (Å²) in [5.74, 6) is -1.19. The van der Waals surface area contributed by atoms with Crippen molar-refractivity contribution >= 4 is 24.5 Å². The average Bonchev–Trinajstić information content (AvgIpc) is 2.53. The van der Waals surface area contributed by atoms with Crippen LogP contribution < -0.4 is 11.1 Å². The second kappa shape index (κ2) is 12.1. The van der Waals surface area contributed by atoms with Crippen LogP contribution in [-0.2, 0) is 9.59 Å². The van der Waals surface area contributed by atoms with Crippen molar-refractivity contribution in [1.82, 2.24) is 5.32 Å². The van der Waals surface area contributed by atoms with E-state index in [4.69, 9.17) is 15.9 Å². The quantitative estimate of drug-likeness (QED) is 0.278. The Morgan fingerprint density at radius 2 is 1.64 bits per heavy atom.